The molecule has 0 saturated carbocycles. The second-order valence-corrected chi connectivity index (χ2v) is 7.40. The number of carbonyl (C=O) groups is 1. The van der Waals surface area contributed by atoms with Crippen molar-refractivity contribution in [2.24, 2.45) is 0 Å². The van der Waals surface area contributed by atoms with Crippen molar-refractivity contribution >= 4 is 17.7 Å². The Hall–Kier alpha value is -3.63. The van der Waals surface area contributed by atoms with Gasteiger partial charge in [0.15, 0.2) is 5.60 Å². The third-order valence-corrected chi connectivity index (χ3v) is 5.22. The average molecular weight is 405 g/mol. The Balaban J connectivity index is 2.00. The van der Waals surface area contributed by atoms with Gasteiger partial charge >= 0.3 is 5.97 Å². The first-order valence-electron chi connectivity index (χ1n) is 8.65. The first kappa shape index (κ1) is 18.7. The fourth-order valence-corrected chi connectivity index (χ4v) is 3.82. The number of hydrogen-bond donors (Lipinski definition) is 2. The number of nitrogens with zero attached hydrogens (tertiary/aromatic N) is 1. The maximum absolute atomic E-state index is 12.9. The number of carbonyl (C=O) groups excluding carboxylic acids is 1. The number of fused-ring (bicyclic) bond motifs is 4. The number of thiocyanates is 1. The van der Waals surface area contributed by atoms with Crippen LogP contribution in [0.15, 0.2) is 71.2 Å². The van der Waals surface area contributed by atoms with Crippen LogP contribution in [-0.2, 0) is 15.1 Å². The zero-order valence-corrected chi connectivity index (χ0v) is 16.1. The third-order valence-electron chi connectivity index (χ3n) is 4.64. The van der Waals surface area contributed by atoms with Gasteiger partial charge in [-0.1, -0.05) is 6.08 Å². The molecular formula is C22H15NO5S. The van der Waals surface area contributed by atoms with Gasteiger partial charge in [-0.3, -0.25) is 0 Å². The van der Waals surface area contributed by atoms with Crippen LogP contribution in [-0.4, -0.2) is 16.2 Å². The monoisotopic (exact) mass is 405 g/mol. The number of ether oxygens (including phenoxy) is 2. The average Bonchev–Trinajstić information content (AvgIpc) is 2.72. The quantitative estimate of drug-likeness (QED) is 0.528. The third kappa shape index (κ3) is 3.24. The number of aromatic hydroxyl groups is 2. The lowest BCUT2D eigenvalue weighted by Crippen LogP contribution is -2.35. The van der Waals surface area contributed by atoms with E-state index < -0.39 is 11.6 Å². The van der Waals surface area contributed by atoms with Crippen LogP contribution in [0.25, 0.3) is 0 Å². The van der Waals surface area contributed by atoms with Gasteiger partial charge in [-0.05, 0) is 61.2 Å². The SMILES string of the molecule is C\C1=C/C(SC#N)=C\C=C\C2(OC1=O)c1ccc(O)cc1Oc1cc(O)ccc12. The van der Waals surface area contributed by atoms with Crippen molar-refractivity contribution in [3.05, 3.63) is 82.3 Å². The van der Waals surface area contributed by atoms with E-state index in [0.717, 1.165) is 11.8 Å². The van der Waals surface area contributed by atoms with Crippen molar-refractivity contribution in [2.75, 3.05) is 0 Å². The van der Waals surface area contributed by atoms with E-state index in [0.29, 0.717) is 33.1 Å². The number of benzene rings is 2. The summed E-state index contributed by atoms with van der Waals surface area (Å²) in [5.74, 6) is 0.0177. The molecule has 2 aliphatic heterocycles. The summed E-state index contributed by atoms with van der Waals surface area (Å²) in [4.78, 5) is 13.5. The molecule has 144 valence electrons. The molecule has 4 rings (SSSR count). The number of thioether (sulfide) groups is 1. The molecule has 0 radical (unpaired) electrons. The van der Waals surface area contributed by atoms with Crippen LogP contribution in [0.3, 0.4) is 0 Å². The zero-order valence-electron chi connectivity index (χ0n) is 15.2. The van der Waals surface area contributed by atoms with Gasteiger partial charge in [0.2, 0.25) is 0 Å². The van der Waals surface area contributed by atoms with Crippen molar-refractivity contribution in [1.29, 1.82) is 5.26 Å². The van der Waals surface area contributed by atoms with Gasteiger partial charge in [-0.2, -0.15) is 5.26 Å². The fourth-order valence-electron chi connectivity index (χ4n) is 3.33. The fraction of sp³-hybridized carbons (Fsp3) is 0.0909. The maximum atomic E-state index is 12.9. The number of esters is 1. The molecule has 0 unspecified atom stereocenters. The van der Waals surface area contributed by atoms with Crippen LogP contribution in [0, 0.1) is 10.7 Å². The lowest BCUT2D eigenvalue weighted by atomic mass is 9.82. The Morgan fingerprint density at radius 3 is 2.28 bits per heavy atom. The number of rotatable bonds is 1. The van der Waals surface area contributed by atoms with E-state index in [-0.39, 0.29) is 11.5 Å². The summed E-state index contributed by atoms with van der Waals surface area (Å²) < 4.78 is 11.9. The van der Waals surface area contributed by atoms with E-state index in [1.165, 1.54) is 24.3 Å². The minimum absolute atomic E-state index is 0.00967. The molecule has 0 atom stereocenters. The Bertz CT molecular complexity index is 1100. The van der Waals surface area contributed by atoms with Crippen molar-refractivity contribution in [3.63, 3.8) is 0 Å². The van der Waals surface area contributed by atoms with E-state index in [2.05, 4.69) is 0 Å². The first-order valence-corrected chi connectivity index (χ1v) is 9.46. The molecule has 6 nitrogen and oxygen atoms in total. The summed E-state index contributed by atoms with van der Waals surface area (Å²) in [6.07, 6.45) is 6.72. The molecule has 0 amide bonds. The summed E-state index contributed by atoms with van der Waals surface area (Å²) in [5, 5.41) is 30.8. The molecule has 0 aromatic heterocycles. The summed E-state index contributed by atoms with van der Waals surface area (Å²) in [6, 6.07) is 9.08. The standard InChI is InChI=1S/C22H15NO5S/c1-13-9-16(29-12-23)3-2-8-22(28-21(13)26)17-6-4-14(24)10-19(17)27-20-11-15(25)5-7-18(20)22/h2-11,24-25H,1H3/b8-2+,13-9+,16-3+. The second-order valence-electron chi connectivity index (χ2n) is 6.54. The predicted octanol–water partition coefficient (Wildman–Crippen LogP) is 4.60. The first-order chi connectivity index (χ1) is 13.9. The van der Waals surface area contributed by atoms with Crippen LogP contribution in [0.5, 0.6) is 23.0 Å². The highest BCUT2D eigenvalue weighted by molar-refractivity contribution is 8.07. The molecule has 7 heteroatoms. The van der Waals surface area contributed by atoms with Crippen molar-refractivity contribution in [1.82, 2.24) is 0 Å². The summed E-state index contributed by atoms with van der Waals surface area (Å²) in [5.41, 5.74) is 0.0281. The van der Waals surface area contributed by atoms with Crippen molar-refractivity contribution < 1.29 is 24.5 Å². The lowest BCUT2D eigenvalue weighted by molar-refractivity contribution is -0.148. The molecule has 2 N–H and O–H groups in total. The highest BCUT2D eigenvalue weighted by Gasteiger charge is 2.44. The summed E-state index contributed by atoms with van der Waals surface area (Å²) >= 11 is 0.941. The molecule has 0 aliphatic carbocycles. The Morgan fingerprint density at radius 2 is 1.69 bits per heavy atom. The molecule has 29 heavy (non-hydrogen) atoms. The topological polar surface area (TPSA) is 99.8 Å². The minimum atomic E-state index is -1.35. The zero-order chi connectivity index (χ0) is 20.6. The van der Waals surface area contributed by atoms with E-state index in [4.69, 9.17) is 14.7 Å². The maximum Gasteiger partial charge on any atom is 0.335 e. The number of allylic oxidation sites excluding steroid dienone is 3. The van der Waals surface area contributed by atoms with Gasteiger partial charge in [0.05, 0.1) is 0 Å². The van der Waals surface area contributed by atoms with Crippen LogP contribution in [0.2, 0.25) is 0 Å². The highest BCUT2D eigenvalue weighted by Crippen LogP contribution is 2.51. The van der Waals surface area contributed by atoms with E-state index in [1.54, 1.807) is 43.4 Å². The second kappa shape index (κ2) is 7.08. The number of phenolic OH excluding ortho intramolecular Hbond substituents is 2. The lowest BCUT2D eigenvalue weighted by Gasteiger charge is -2.37. The molecule has 2 aliphatic rings. The number of hydrogen-bond acceptors (Lipinski definition) is 7. The number of phenols is 2. The van der Waals surface area contributed by atoms with Crippen LogP contribution in [0.1, 0.15) is 18.1 Å². The van der Waals surface area contributed by atoms with Crippen LogP contribution >= 0.6 is 11.8 Å². The minimum Gasteiger partial charge on any atom is -0.508 e. The smallest absolute Gasteiger partial charge is 0.335 e. The van der Waals surface area contributed by atoms with E-state index in [1.807, 2.05) is 5.40 Å². The molecule has 1 spiro atoms. The molecule has 2 heterocycles. The molecule has 0 fully saturated rings. The van der Waals surface area contributed by atoms with Gasteiger partial charge < -0.3 is 19.7 Å². The molecule has 2 aromatic carbocycles. The largest absolute Gasteiger partial charge is 0.508 e. The molecular weight excluding hydrogens is 390 g/mol. The van der Waals surface area contributed by atoms with E-state index in [9.17, 15) is 15.0 Å². The van der Waals surface area contributed by atoms with Crippen LogP contribution in [0.4, 0.5) is 0 Å². The Kier molecular flexibility index (Phi) is 4.57. The van der Waals surface area contributed by atoms with Gasteiger partial charge in [-0.15, -0.1) is 0 Å². The normalized spacial score (nSPS) is 21.3. The van der Waals surface area contributed by atoms with Crippen LogP contribution < -0.4 is 4.74 Å². The van der Waals surface area contributed by atoms with Crippen molar-refractivity contribution in [3.8, 4) is 28.4 Å². The summed E-state index contributed by atoms with van der Waals surface area (Å²) in [7, 11) is 0. The summed E-state index contributed by atoms with van der Waals surface area (Å²) in [6.45, 7) is 1.61. The number of nitriles is 1. The van der Waals surface area contributed by atoms with Gasteiger partial charge in [0.25, 0.3) is 0 Å². The van der Waals surface area contributed by atoms with Crippen molar-refractivity contribution in [2.45, 2.75) is 12.5 Å². The van der Waals surface area contributed by atoms with Gasteiger partial charge in [-0.25, -0.2) is 4.79 Å². The predicted molar refractivity (Wildman–Crippen MR) is 107 cm³/mol. The Labute approximate surface area is 171 Å². The Morgan fingerprint density at radius 1 is 1.07 bits per heavy atom. The molecule has 2 aromatic rings. The van der Waals surface area contributed by atoms with Gasteiger partial charge in [0, 0.05) is 33.7 Å². The molecule has 0 saturated heterocycles. The van der Waals surface area contributed by atoms with Gasteiger partial charge in [0.1, 0.15) is 28.4 Å². The molecule has 0 bridgehead atoms. The highest BCUT2D eigenvalue weighted by atomic mass is 32.2. The van der Waals surface area contributed by atoms with E-state index >= 15 is 0 Å².